The van der Waals surface area contributed by atoms with E-state index in [-0.39, 0.29) is 5.95 Å². The Bertz CT molecular complexity index is 239. The lowest BCUT2D eigenvalue weighted by atomic mass is 10.6. The van der Waals surface area contributed by atoms with Crippen molar-refractivity contribution in [3.8, 4) is 0 Å². The fraction of sp³-hybridized carbons (Fsp3) is 0.333. The minimum Gasteiger partial charge on any atom is -0.348 e. The molecule has 1 aromatic rings. The number of hydrogen-bond acceptors (Lipinski definition) is 3. The van der Waals surface area contributed by atoms with Crippen LogP contribution in [0.4, 0.5) is 14.7 Å². The predicted molar refractivity (Wildman–Crippen MR) is 49.2 cm³/mol. The van der Waals surface area contributed by atoms with Crippen LogP contribution >= 0.6 is 22.6 Å². The second kappa shape index (κ2) is 4.48. The normalized spacial score (nSPS) is 10.3. The van der Waals surface area contributed by atoms with E-state index in [0.717, 1.165) is 3.57 Å². The van der Waals surface area contributed by atoms with Crippen molar-refractivity contribution in [3.05, 3.63) is 16.0 Å². The fourth-order valence-corrected chi connectivity index (χ4v) is 0.851. The van der Waals surface area contributed by atoms with Crippen molar-refractivity contribution in [2.75, 3.05) is 11.9 Å². The van der Waals surface area contributed by atoms with Gasteiger partial charge in [-0.3, -0.25) is 0 Å². The SMILES string of the molecule is FC(F)CNc1ncc(I)cn1. The Labute approximate surface area is 81.7 Å². The zero-order valence-electron chi connectivity index (χ0n) is 5.97. The summed E-state index contributed by atoms with van der Waals surface area (Å²) in [6.45, 7) is -0.416. The highest BCUT2D eigenvalue weighted by molar-refractivity contribution is 14.1. The zero-order valence-corrected chi connectivity index (χ0v) is 8.12. The van der Waals surface area contributed by atoms with E-state index in [0.29, 0.717) is 0 Å². The van der Waals surface area contributed by atoms with E-state index in [9.17, 15) is 8.78 Å². The third-order valence-corrected chi connectivity index (χ3v) is 1.59. The van der Waals surface area contributed by atoms with E-state index in [2.05, 4.69) is 15.3 Å². The minimum absolute atomic E-state index is 0.232. The van der Waals surface area contributed by atoms with Crippen molar-refractivity contribution >= 4 is 28.5 Å². The van der Waals surface area contributed by atoms with Crippen molar-refractivity contribution in [2.24, 2.45) is 0 Å². The van der Waals surface area contributed by atoms with Gasteiger partial charge in [-0.25, -0.2) is 18.7 Å². The van der Waals surface area contributed by atoms with Gasteiger partial charge in [-0.05, 0) is 22.6 Å². The maximum absolute atomic E-state index is 11.7. The summed E-state index contributed by atoms with van der Waals surface area (Å²) in [6.07, 6.45) is 0.732. The second-order valence-corrected chi connectivity index (χ2v) is 3.24. The number of nitrogens with zero attached hydrogens (tertiary/aromatic N) is 2. The summed E-state index contributed by atoms with van der Waals surface area (Å²) in [4.78, 5) is 7.57. The maximum atomic E-state index is 11.7. The maximum Gasteiger partial charge on any atom is 0.255 e. The number of alkyl halides is 2. The molecule has 1 heterocycles. The van der Waals surface area contributed by atoms with Gasteiger partial charge in [-0.2, -0.15) is 0 Å². The molecule has 0 spiro atoms. The molecule has 0 aliphatic heterocycles. The number of hydrogen-bond donors (Lipinski definition) is 1. The van der Waals surface area contributed by atoms with Gasteiger partial charge in [0.05, 0.1) is 6.54 Å². The molecule has 0 saturated carbocycles. The topological polar surface area (TPSA) is 37.8 Å². The van der Waals surface area contributed by atoms with Crippen LogP contribution in [0.15, 0.2) is 12.4 Å². The predicted octanol–water partition coefficient (Wildman–Crippen LogP) is 1.76. The first-order valence-corrected chi connectivity index (χ1v) is 4.26. The average Bonchev–Trinajstić information content (AvgIpc) is 2.03. The Hall–Kier alpha value is -0.530. The lowest BCUT2D eigenvalue weighted by Gasteiger charge is -2.01. The van der Waals surface area contributed by atoms with E-state index in [1.165, 1.54) is 0 Å². The lowest BCUT2D eigenvalue weighted by molar-refractivity contribution is 0.163. The molecule has 12 heavy (non-hydrogen) atoms. The summed E-state index contributed by atoms with van der Waals surface area (Å²) in [5, 5.41) is 2.40. The number of halogens is 3. The Morgan fingerprint density at radius 2 is 2.00 bits per heavy atom. The molecule has 66 valence electrons. The average molecular weight is 285 g/mol. The highest BCUT2D eigenvalue weighted by atomic mass is 127. The summed E-state index contributed by atoms with van der Waals surface area (Å²) in [5.74, 6) is 0.232. The summed E-state index contributed by atoms with van der Waals surface area (Å²) in [5.41, 5.74) is 0. The van der Waals surface area contributed by atoms with Gasteiger partial charge >= 0.3 is 0 Å². The second-order valence-electron chi connectivity index (χ2n) is 2.00. The number of nitrogens with one attached hydrogen (secondary N) is 1. The number of aromatic nitrogens is 2. The zero-order chi connectivity index (χ0) is 8.97. The molecule has 0 bridgehead atoms. The fourth-order valence-electron chi connectivity index (χ4n) is 0.572. The van der Waals surface area contributed by atoms with Gasteiger partial charge in [0.2, 0.25) is 5.95 Å². The molecule has 0 unspecified atom stereocenters. The molecule has 0 aliphatic carbocycles. The Morgan fingerprint density at radius 3 is 2.50 bits per heavy atom. The van der Waals surface area contributed by atoms with Crippen LogP contribution in [-0.2, 0) is 0 Å². The van der Waals surface area contributed by atoms with Crippen LogP contribution in [0.25, 0.3) is 0 Å². The third-order valence-electron chi connectivity index (χ3n) is 1.03. The molecule has 0 saturated heterocycles. The first-order valence-electron chi connectivity index (χ1n) is 3.18. The van der Waals surface area contributed by atoms with E-state index in [1.54, 1.807) is 12.4 Å². The molecule has 0 radical (unpaired) electrons. The standard InChI is InChI=1S/C6H6F2IN3/c7-5(8)3-12-6-10-1-4(9)2-11-6/h1-2,5H,3H2,(H,10,11,12). The van der Waals surface area contributed by atoms with Crippen molar-refractivity contribution in [3.63, 3.8) is 0 Å². The van der Waals surface area contributed by atoms with E-state index < -0.39 is 13.0 Å². The van der Waals surface area contributed by atoms with Crippen LogP contribution in [-0.4, -0.2) is 22.9 Å². The molecule has 1 aromatic heterocycles. The lowest BCUT2D eigenvalue weighted by Crippen LogP contribution is -2.12. The summed E-state index contributed by atoms with van der Waals surface area (Å²) >= 11 is 2.04. The molecule has 1 N–H and O–H groups in total. The van der Waals surface area contributed by atoms with Gasteiger partial charge in [0.25, 0.3) is 6.43 Å². The van der Waals surface area contributed by atoms with Gasteiger partial charge in [0, 0.05) is 16.0 Å². The molecule has 0 atom stereocenters. The molecular weight excluding hydrogens is 279 g/mol. The number of anilines is 1. The summed E-state index contributed by atoms with van der Waals surface area (Å²) in [7, 11) is 0. The molecular formula is C6H6F2IN3. The Morgan fingerprint density at radius 1 is 1.42 bits per heavy atom. The summed E-state index contributed by atoms with van der Waals surface area (Å²) in [6, 6.07) is 0. The van der Waals surface area contributed by atoms with Crippen LogP contribution in [0.1, 0.15) is 0 Å². The van der Waals surface area contributed by atoms with E-state index in [1.807, 2.05) is 22.6 Å². The van der Waals surface area contributed by atoms with Gasteiger partial charge in [0.15, 0.2) is 0 Å². The molecule has 0 fully saturated rings. The van der Waals surface area contributed by atoms with Crippen LogP contribution in [0, 0.1) is 3.57 Å². The minimum atomic E-state index is -2.38. The Kier molecular flexibility index (Phi) is 3.57. The molecule has 3 nitrogen and oxygen atoms in total. The largest absolute Gasteiger partial charge is 0.348 e. The smallest absolute Gasteiger partial charge is 0.255 e. The van der Waals surface area contributed by atoms with Crippen LogP contribution in [0.2, 0.25) is 0 Å². The van der Waals surface area contributed by atoms with Gasteiger partial charge < -0.3 is 5.32 Å². The van der Waals surface area contributed by atoms with Crippen molar-refractivity contribution in [1.29, 1.82) is 0 Å². The third kappa shape index (κ3) is 3.24. The molecule has 6 heteroatoms. The van der Waals surface area contributed by atoms with Crippen molar-refractivity contribution in [1.82, 2.24) is 9.97 Å². The monoisotopic (exact) mass is 285 g/mol. The molecule has 0 aliphatic rings. The highest BCUT2D eigenvalue weighted by Crippen LogP contribution is 2.03. The van der Waals surface area contributed by atoms with Crippen LogP contribution in [0.3, 0.4) is 0 Å². The van der Waals surface area contributed by atoms with Crippen molar-refractivity contribution < 1.29 is 8.78 Å². The van der Waals surface area contributed by atoms with E-state index >= 15 is 0 Å². The van der Waals surface area contributed by atoms with E-state index in [4.69, 9.17) is 0 Å². The first-order chi connectivity index (χ1) is 5.68. The highest BCUT2D eigenvalue weighted by Gasteiger charge is 2.02. The Balaban J connectivity index is 2.48. The van der Waals surface area contributed by atoms with Crippen LogP contribution < -0.4 is 5.32 Å². The summed E-state index contributed by atoms with van der Waals surface area (Å²) < 4.78 is 24.2. The van der Waals surface area contributed by atoms with Crippen LogP contribution in [0.5, 0.6) is 0 Å². The molecule has 0 aromatic carbocycles. The number of rotatable bonds is 3. The quantitative estimate of drug-likeness (QED) is 0.860. The van der Waals surface area contributed by atoms with Gasteiger partial charge in [-0.1, -0.05) is 0 Å². The van der Waals surface area contributed by atoms with Crippen molar-refractivity contribution in [2.45, 2.75) is 6.43 Å². The first kappa shape index (κ1) is 9.56. The van der Waals surface area contributed by atoms with Gasteiger partial charge in [0.1, 0.15) is 0 Å². The van der Waals surface area contributed by atoms with Gasteiger partial charge in [-0.15, -0.1) is 0 Å². The molecule has 0 amide bonds. The molecule has 1 rings (SSSR count).